The van der Waals surface area contributed by atoms with Gasteiger partial charge >= 0.3 is 0 Å². The number of halogens is 1. The first-order chi connectivity index (χ1) is 11.6. The number of aliphatic hydroxyl groups is 1. The Bertz CT molecular complexity index is 932. The van der Waals surface area contributed by atoms with Crippen molar-refractivity contribution in [3.63, 3.8) is 0 Å². The fourth-order valence-corrected chi connectivity index (χ4v) is 3.31. The molecule has 1 aliphatic rings. The highest BCUT2D eigenvalue weighted by Gasteiger charge is 2.33. The summed E-state index contributed by atoms with van der Waals surface area (Å²) in [7, 11) is 1.92. The van der Waals surface area contributed by atoms with E-state index in [9.17, 15) is 9.90 Å². The summed E-state index contributed by atoms with van der Waals surface area (Å²) < 4.78 is 3.66. The maximum atomic E-state index is 12.9. The van der Waals surface area contributed by atoms with Gasteiger partial charge in [0.05, 0.1) is 36.2 Å². The van der Waals surface area contributed by atoms with Gasteiger partial charge < -0.3 is 19.0 Å². The van der Waals surface area contributed by atoms with E-state index in [0.717, 1.165) is 11.4 Å². The van der Waals surface area contributed by atoms with Crippen LogP contribution in [-0.2, 0) is 20.0 Å². The molecule has 24 heavy (non-hydrogen) atoms. The number of fused-ring (bicyclic) bond motifs is 2. The zero-order valence-corrected chi connectivity index (χ0v) is 13.8. The number of carbonyl (C=O) groups excluding carboxylic acids is 1. The highest BCUT2D eigenvalue weighted by Crippen LogP contribution is 2.24. The van der Waals surface area contributed by atoms with Crippen LogP contribution in [-0.4, -0.2) is 47.5 Å². The number of hydrogen-bond donors (Lipinski definition) is 1. The Kier molecular flexibility index (Phi) is 3.54. The molecule has 0 bridgehead atoms. The predicted octanol–water partition coefficient (Wildman–Crippen LogP) is 1.28. The van der Waals surface area contributed by atoms with Crippen LogP contribution in [0.15, 0.2) is 30.9 Å². The molecule has 1 amide bonds. The van der Waals surface area contributed by atoms with Gasteiger partial charge in [-0.1, -0.05) is 11.6 Å². The Morgan fingerprint density at radius 1 is 1.42 bits per heavy atom. The first-order valence-corrected chi connectivity index (χ1v) is 8.00. The van der Waals surface area contributed by atoms with E-state index in [1.165, 1.54) is 0 Å². The van der Waals surface area contributed by atoms with Gasteiger partial charge in [-0.25, -0.2) is 9.97 Å². The number of carbonyl (C=O) groups is 1. The first kappa shape index (κ1) is 15.2. The van der Waals surface area contributed by atoms with Crippen molar-refractivity contribution < 1.29 is 9.90 Å². The zero-order chi connectivity index (χ0) is 16.8. The van der Waals surface area contributed by atoms with Crippen molar-refractivity contribution in [1.29, 1.82) is 0 Å². The number of nitrogens with zero attached hydrogens (tertiary/aromatic N) is 5. The molecular weight excluding hydrogens is 330 g/mol. The van der Waals surface area contributed by atoms with Gasteiger partial charge in [-0.15, -0.1) is 0 Å². The minimum Gasteiger partial charge on any atom is -0.394 e. The Labute approximate surface area is 143 Å². The molecule has 3 aromatic heterocycles. The van der Waals surface area contributed by atoms with Crippen LogP contribution in [0.4, 0.5) is 0 Å². The molecule has 0 saturated heterocycles. The van der Waals surface area contributed by atoms with Crippen LogP contribution in [0.5, 0.6) is 0 Å². The molecule has 0 fully saturated rings. The largest absolute Gasteiger partial charge is 0.394 e. The normalized spacial score (nSPS) is 17.3. The number of imidazole rings is 2. The third-order valence-electron chi connectivity index (χ3n) is 4.44. The van der Waals surface area contributed by atoms with Crippen LogP contribution >= 0.6 is 11.6 Å². The summed E-state index contributed by atoms with van der Waals surface area (Å²) in [6, 6.07) is 3.21. The summed E-state index contributed by atoms with van der Waals surface area (Å²) in [6.07, 6.45) is 5.68. The van der Waals surface area contributed by atoms with Gasteiger partial charge in [0.2, 0.25) is 0 Å². The predicted molar refractivity (Wildman–Crippen MR) is 87.9 cm³/mol. The maximum absolute atomic E-state index is 12.9. The Morgan fingerprint density at radius 2 is 2.25 bits per heavy atom. The van der Waals surface area contributed by atoms with Crippen LogP contribution in [0.25, 0.3) is 5.65 Å². The van der Waals surface area contributed by atoms with Crippen molar-refractivity contribution in [1.82, 2.24) is 23.8 Å². The van der Waals surface area contributed by atoms with E-state index in [2.05, 4.69) is 9.97 Å². The highest BCUT2D eigenvalue weighted by atomic mass is 35.5. The fraction of sp³-hybridized carbons (Fsp3) is 0.312. The second-order valence-corrected chi connectivity index (χ2v) is 6.40. The summed E-state index contributed by atoms with van der Waals surface area (Å²) in [6.45, 7) is 0.268. The van der Waals surface area contributed by atoms with E-state index in [1.807, 2.05) is 11.6 Å². The summed E-state index contributed by atoms with van der Waals surface area (Å²) in [4.78, 5) is 23.3. The number of aryl methyl sites for hydroxylation is 1. The third-order valence-corrected chi connectivity index (χ3v) is 4.66. The van der Waals surface area contributed by atoms with Crippen molar-refractivity contribution in [2.24, 2.45) is 7.05 Å². The number of amides is 1. The Balaban J connectivity index is 1.69. The lowest BCUT2D eigenvalue weighted by atomic mass is 10.0. The molecule has 1 N–H and O–H groups in total. The summed E-state index contributed by atoms with van der Waals surface area (Å²) in [5, 5.41) is 10.3. The summed E-state index contributed by atoms with van der Waals surface area (Å²) >= 11 is 5.97. The smallest absolute Gasteiger partial charge is 0.274 e. The second-order valence-electron chi connectivity index (χ2n) is 5.96. The van der Waals surface area contributed by atoms with E-state index in [-0.39, 0.29) is 18.6 Å². The molecule has 1 atom stereocenters. The molecule has 4 rings (SSSR count). The Morgan fingerprint density at radius 3 is 3.04 bits per heavy atom. The van der Waals surface area contributed by atoms with E-state index in [1.54, 1.807) is 40.2 Å². The van der Waals surface area contributed by atoms with Gasteiger partial charge in [-0.3, -0.25) is 4.79 Å². The lowest BCUT2D eigenvalue weighted by molar-refractivity contribution is 0.0531. The number of hydrogen-bond acceptors (Lipinski definition) is 4. The lowest BCUT2D eigenvalue weighted by Gasteiger charge is -2.33. The minimum atomic E-state index is -0.284. The average molecular weight is 346 g/mol. The van der Waals surface area contributed by atoms with Gasteiger partial charge in [0.25, 0.3) is 5.91 Å². The molecular formula is C16H16ClN5O2. The number of aromatic nitrogens is 4. The van der Waals surface area contributed by atoms with Crippen LogP contribution in [0.2, 0.25) is 5.02 Å². The summed E-state index contributed by atoms with van der Waals surface area (Å²) in [5.74, 6) is -0.217. The van der Waals surface area contributed by atoms with Crippen molar-refractivity contribution in [2.45, 2.75) is 19.0 Å². The van der Waals surface area contributed by atoms with Crippen LogP contribution in [0, 0.1) is 0 Å². The molecule has 3 aromatic rings. The average Bonchev–Trinajstić information content (AvgIpc) is 3.16. The van der Waals surface area contributed by atoms with Crippen LogP contribution in [0.3, 0.4) is 0 Å². The first-order valence-electron chi connectivity index (χ1n) is 7.62. The van der Waals surface area contributed by atoms with E-state index < -0.39 is 0 Å². The fourth-order valence-electron chi connectivity index (χ4n) is 3.14. The molecule has 0 spiro atoms. The van der Waals surface area contributed by atoms with Gasteiger partial charge in [-0.2, -0.15) is 0 Å². The maximum Gasteiger partial charge on any atom is 0.274 e. The number of rotatable bonds is 2. The lowest BCUT2D eigenvalue weighted by Crippen LogP contribution is -2.46. The van der Waals surface area contributed by atoms with Gasteiger partial charge in [0.15, 0.2) is 0 Å². The molecule has 1 aliphatic heterocycles. The quantitative estimate of drug-likeness (QED) is 0.759. The SMILES string of the molecule is Cn1cnc2c1CC(CO)N(C(=O)c1cn3cc(Cl)ccc3n1)C2. The van der Waals surface area contributed by atoms with E-state index in [4.69, 9.17) is 11.6 Å². The van der Waals surface area contributed by atoms with Crippen molar-refractivity contribution >= 4 is 23.2 Å². The molecule has 7 nitrogen and oxygen atoms in total. The molecule has 1 unspecified atom stereocenters. The van der Waals surface area contributed by atoms with Gasteiger partial charge in [-0.05, 0) is 12.1 Å². The topological polar surface area (TPSA) is 75.7 Å². The Hall–Kier alpha value is -2.38. The van der Waals surface area contributed by atoms with Crippen LogP contribution in [0.1, 0.15) is 21.9 Å². The number of aliphatic hydroxyl groups excluding tert-OH is 1. The summed E-state index contributed by atoms with van der Waals surface area (Å²) in [5.41, 5.74) is 2.90. The van der Waals surface area contributed by atoms with E-state index >= 15 is 0 Å². The molecule has 124 valence electrons. The second kappa shape index (κ2) is 5.61. The van der Waals surface area contributed by atoms with Gasteiger partial charge in [0, 0.05) is 31.6 Å². The number of pyridine rings is 1. The molecule has 0 saturated carbocycles. The highest BCUT2D eigenvalue weighted by molar-refractivity contribution is 6.30. The van der Waals surface area contributed by atoms with Crippen LogP contribution < -0.4 is 0 Å². The molecule has 0 radical (unpaired) electrons. The van der Waals surface area contributed by atoms with Crippen molar-refractivity contribution in [3.8, 4) is 0 Å². The molecule has 8 heteroatoms. The minimum absolute atomic E-state index is 0.102. The zero-order valence-electron chi connectivity index (χ0n) is 13.1. The molecule has 0 aliphatic carbocycles. The standard InChI is InChI=1S/C16H16ClN5O2/c1-20-9-18-12-7-22(11(8-23)4-14(12)20)16(24)13-6-21-5-10(17)2-3-15(21)19-13/h2-3,5-6,9,11,23H,4,7-8H2,1H3. The third kappa shape index (κ3) is 2.37. The molecule has 4 heterocycles. The van der Waals surface area contributed by atoms with Crippen molar-refractivity contribution in [3.05, 3.63) is 53.0 Å². The van der Waals surface area contributed by atoms with E-state index in [0.29, 0.717) is 29.3 Å². The monoisotopic (exact) mass is 345 g/mol. The van der Waals surface area contributed by atoms with Crippen molar-refractivity contribution in [2.75, 3.05) is 6.61 Å². The van der Waals surface area contributed by atoms with Gasteiger partial charge in [0.1, 0.15) is 11.3 Å². The molecule has 0 aromatic carbocycles.